The van der Waals surface area contributed by atoms with E-state index >= 15 is 0 Å². The van der Waals surface area contributed by atoms with Crippen molar-refractivity contribution in [2.24, 2.45) is 0 Å². The quantitative estimate of drug-likeness (QED) is 0.846. The summed E-state index contributed by atoms with van der Waals surface area (Å²) in [5.41, 5.74) is 0.695. The van der Waals surface area contributed by atoms with E-state index in [0.29, 0.717) is 17.9 Å². The fraction of sp³-hybridized carbons (Fsp3) is 0.500. The Bertz CT molecular complexity index is 655. The van der Waals surface area contributed by atoms with Gasteiger partial charge in [-0.3, -0.25) is 4.90 Å². The number of nitriles is 1. The third-order valence-electron chi connectivity index (χ3n) is 3.56. The number of benzene rings is 1. The van der Waals surface area contributed by atoms with Gasteiger partial charge in [0, 0.05) is 35.9 Å². The molecule has 0 bridgehead atoms. The molecule has 114 valence electrons. The molecular weight excluding hydrogens is 311 g/mol. The molecule has 2 rings (SSSR count). The molecule has 0 radical (unpaired) electrons. The minimum absolute atomic E-state index is 0.0879. The predicted octanol–water partition coefficient (Wildman–Crippen LogP) is 2.01. The smallest absolute Gasteiger partial charge is 0.166 e. The van der Waals surface area contributed by atoms with Crippen molar-refractivity contribution in [3.8, 4) is 6.07 Å². The van der Waals surface area contributed by atoms with Gasteiger partial charge >= 0.3 is 0 Å². The zero-order chi connectivity index (χ0) is 15.5. The lowest BCUT2D eigenvalue weighted by Gasteiger charge is -2.34. The van der Waals surface area contributed by atoms with E-state index in [1.807, 2.05) is 11.0 Å². The summed E-state index contributed by atoms with van der Waals surface area (Å²) in [5.74, 6) is 0.992. The van der Waals surface area contributed by atoms with Crippen LogP contribution in [0.1, 0.15) is 18.1 Å². The molecule has 1 aliphatic heterocycles. The van der Waals surface area contributed by atoms with Crippen LogP contribution in [0.25, 0.3) is 0 Å². The van der Waals surface area contributed by atoms with E-state index in [-0.39, 0.29) is 17.9 Å². The molecule has 0 amide bonds. The number of rotatable bonds is 4. The molecule has 21 heavy (non-hydrogen) atoms. The molecule has 0 N–H and O–H groups in total. The first kappa shape index (κ1) is 16.3. The number of halogens is 1. The Hall–Kier alpha value is -1.10. The van der Waals surface area contributed by atoms with Gasteiger partial charge in [-0.25, -0.2) is 12.8 Å². The summed E-state index contributed by atoms with van der Waals surface area (Å²) < 4.78 is 38.3. The highest BCUT2D eigenvalue weighted by molar-refractivity contribution is 8.01. The van der Waals surface area contributed by atoms with Crippen molar-refractivity contribution in [2.45, 2.75) is 18.8 Å². The zero-order valence-electron chi connectivity index (χ0n) is 11.8. The molecule has 0 saturated carbocycles. The van der Waals surface area contributed by atoms with Crippen LogP contribution in [0.4, 0.5) is 4.39 Å². The third-order valence-corrected chi connectivity index (χ3v) is 6.90. The van der Waals surface area contributed by atoms with Gasteiger partial charge in [-0.15, -0.1) is 0 Å². The molecule has 0 aromatic heterocycles. The predicted molar refractivity (Wildman–Crippen MR) is 82.1 cm³/mol. The van der Waals surface area contributed by atoms with Crippen molar-refractivity contribution in [2.75, 3.05) is 23.8 Å². The van der Waals surface area contributed by atoms with Gasteiger partial charge in [0.25, 0.3) is 0 Å². The van der Waals surface area contributed by atoms with Gasteiger partial charge in [0.15, 0.2) is 9.84 Å². The second-order valence-electron chi connectivity index (χ2n) is 4.87. The minimum Gasteiger partial charge on any atom is -0.281 e. The SMILES string of the molecule is CCS(=O)(=O)C1CSCCN1Cc1ccc(C#N)cc1F. The van der Waals surface area contributed by atoms with Gasteiger partial charge in [-0.1, -0.05) is 13.0 Å². The van der Waals surface area contributed by atoms with Crippen LogP contribution in [0.5, 0.6) is 0 Å². The summed E-state index contributed by atoms with van der Waals surface area (Å²) in [4.78, 5) is 1.82. The van der Waals surface area contributed by atoms with Gasteiger partial charge in [-0.05, 0) is 12.1 Å². The second kappa shape index (κ2) is 6.77. The summed E-state index contributed by atoms with van der Waals surface area (Å²) in [6.45, 7) is 2.51. The molecule has 1 aromatic carbocycles. The monoisotopic (exact) mass is 328 g/mol. The normalized spacial score (nSPS) is 20.1. The fourth-order valence-electron chi connectivity index (χ4n) is 2.28. The van der Waals surface area contributed by atoms with Crippen LogP contribution in [0.3, 0.4) is 0 Å². The van der Waals surface area contributed by atoms with E-state index in [2.05, 4.69) is 0 Å². The van der Waals surface area contributed by atoms with Gasteiger partial charge in [0.1, 0.15) is 11.2 Å². The molecule has 1 unspecified atom stereocenters. The zero-order valence-corrected chi connectivity index (χ0v) is 13.4. The molecule has 0 spiro atoms. The second-order valence-corrected chi connectivity index (χ2v) is 8.47. The number of sulfone groups is 1. The van der Waals surface area contributed by atoms with Gasteiger partial charge < -0.3 is 0 Å². The van der Waals surface area contributed by atoms with Crippen molar-refractivity contribution in [1.29, 1.82) is 5.26 Å². The van der Waals surface area contributed by atoms with Crippen molar-refractivity contribution < 1.29 is 12.8 Å². The van der Waals surface area contributed by atoms with Crippen molar-refractivity contribution in [1.82, 2.24) is 4.90 Å². The lowest BCUT2D eigenvalue weighted by Crippen LogP contribution is -2.47. The Balaban J connectivity index is 2.22. The summed E-state index contributed by atoms with van der Waals surface area (Å²) in [6.07, 6.45) is 0. The first-order valence-corrected chi connectivity index (χ1v) is 9.57. The molecule has 1 saturated heterocycles. The Morgan fingerprint density at radius 1 is 1.52 bits per heavy atom. The van der Waals surface area contributed by atoms with Crippen LogP contribution in [-0.4, -0.2) is 42.5 Å². The topological polar surface area (TPSA) is 61.2 Å². The Labute approximate surface area is 128 Å². The van der Waals surface area contributed by atoms with Crippen LogP contribution in [-0.2, 0) is 16.4 Å². The molecule has 0 aliphatic carbocycles. The lowest BCUT2D eigenvalue weighted by atomic mass is 10.1. The van der Waals surface area contributed by atoms with E-state index in [0.717, 1.165) is 5.75 Å². The molecule has 1 aromatic rings. The highest BCUT2D eigenvalue weighted by Gasteiger charge is 2.33. The fourth-order valence-corrected chi connectivity index (χ4v) is 5.36. The first-order chi connectivity index (χ1) is 9.97. The highest BCUT2D eigenvalue weighted by atomic mass is 32.2. The van der Waals surface area contributed by atoms with Crippen LogP contribution >= 0.6 is 11.8 Å². The lowest BCUT2D eigenvalue weighted by molar-refractivity contribution is 0.258. The Kier molecular flexibility index (Phi) is 5.25. The molecule has 7 heteroatoms. The molecule has 1 heterocycles. The maximum absolute atomic E-state index is 14.0. The number of thioether (sulfide) groups is 1. The number of hydrogen-bond acceptors (Lipinski definition) is 5. The molecule has 1 fully saturated rings. The first-order valence-electron chi connectivity index (χ1n) is 6.70. The highest BCUT2D eigenvalue weighted by Crippen LogP contribution is 2.24. The number of hydrogen-bond donors (Lipinski definition) is 0. The molecule has 4 nitrogen and oxygen atoms in total. The van der Waals surface area contributed by atoms with Crippen LogP contribution < -0.4 is 0 Å². The van der Waals surface area contributed by atoms with Crippen LogP contribution in [0.15, 0.2) is 18.2 Å². The Morgan fingerprint density at radius 2 is 2.29 bits per heavy atom. The molecule has 1 aliphatic rings. The summed E-state index contributed by atoms with van der Waals surface area (Å²) in [6, 6.07) is 6.20. The standard InChI is InChI=1S/C14H17FN2O2S2/c1-2-21(18,19)14-10-20-6-5-17(14)9-12-4-3-11(8-16)7-13(12)15/h3-4,7,14H,2,5-6,9-10H2,1H3. The van der Waals surface area contributed by atoms with Crippen molar-refractivity contribution in [3.05, 3.63) is 35.1 Å². The average molecular weight is 328 g/mol. The average Bonchev–Trinajstić information content (AvgIpc) is 2.49. The van der Waals surface area contributed by atoms with E-state index < -0.39 is 21.0 Å². The summed E-state index contributed by atoms with van der Waals surface area (Å²) in [7, 11) is -3.19. The number of nitrogens with zero attached hydrogens (tertiary/aromatic N) is 2. The van der Waals surface area contributed by atoms with Gasteiger partial charge in [-0.2, -0.15) is 17.0 Å². The molecular formula is C14H17FN2O2S2. The van der Waals surface area contributed by atoms with E-state index in [4.69, 9.17) is 5.26 Å². The van der Waals surface area contributed by atoms with Crippen molar-refractivity contribution in [3.63, 3.8) is 0 Å². The van der Waals surface area contributed by atoms with E-state index in [1.165, 1.54) is 6.07 Å². The maximum atomic E-state index is 14.0. The molecule has 1 atom stereocenters. The summed E-state index contributed by atoms with van der Waals surface area (Å²) in [5, 5.41) is 8.19. The van der Waals surface area contributed by atoms with Crippen molar-refractivity contribution >= 4 is 21.6 Å². The largest absolute Gasteiger partial charge is 0.281 e. The van der Waals surface area contributed by atoms with Gasteiger partial charge in [0.05, 0.1) is 11.6 Å². The third kappa shape index (κ3) is 3.76. The van der Waals surface area contributed by atoms with Gasteiger partial charge in [0.2, 0.25) is 0 Å². The Morgan fingerprint density at radius 3 is 2.90 bits per heavy atom. The van der Waals surface area contributed by atoms with E-state index in [9.17, 15) is 12.8 Å². The maximum Gasteiger partial charge on any atom is 0.166 e. The van der Waals surface area contributed by atoms with Crippen LogP contribution in [0.2, 0.25) is 0 Å². The summed E-state index contributed by atoms with van der Waals surface area (Å²) >= 11 is 1.61. The minimum atomic E-state index is -3.19. The van der Waals surface area contributed by atoms with Crippen LogP contribution in [0, 0.1) is 17.1 Å². The van der Waals surface area contributed by atoms with E-state index in [1.54, 1.807) is 30.8 Å².